The minimum atomic E-state index is -0.236. The predicted molar refractivity (Wildman–Crippen MR) is 34.2 cm³/mol. The van der Waals surface area contributed by atoms with E-state index in [0.717, 1.165) is 5.69 Å². The molecule has 1 unspecified atom stereocenters. The van der Waals surface area contributed by atoms with Gasteiger partial charge in [-0.2, -0.15) is 0 Å². The van der Waals surface area contributed by atoms with Gasteiger partial charge in [-0.1, -0.05) is 0 Å². The predicted octanol–water partition coefficient (Wildman–Crippen LogP) is 0.644. The molecule has 4 nitrogen and oxygen atoms in total. The number of carbonyl (C=O) groups excluding carboxylic acids is 1. The number of imidazole rings is 1. The van der Waals surface area contributed by atoms with Crippen LogP contribution in [-0.2, 0) is 9.53 Å². The van der Waals surface area contributed by atoms with E-state index in [9.17, 15) is 4.79 Å². The maximum Gasteiger partial charge on any atom is 0.293 e. The zero-order chi connectivity index (χ0) is 7.40. The average Bonchev–Trinajstić information content (AvgIpc) is 2.38. The number of hydrogen-bond acceptors (Lipinski definition) is 3. The van der Waals surface area contributed by atoms with E-state index in [0.29, 0.717) is 6.47 Å². The number of ether oxygens (including phenoxy) is 1. The Morgan fingerprint density at radius 2 is 2.70 bits per heavy atom. The molecule has 54 valence electrons. The smallest absolute Gasteiger partial charge is 0.293 e. The standard InChI is InChI=1S/C6H8N2O2/c1-5(10-4-9)6-2-7-3-8-6/h2-5H,1H3,(H,7,8). The van der Waals surface area contributed by atoms with Gasteiger partial charge in [-0.05, 0) is 6.92 Å². The molecule has 0 aromatic carbocycles. The quantitative estimate of drug-likeness (QED) is 0.627. The van der Waals surface area contributed by atoms with E-state index in [4.69, 9.17) is 0 Å². The van der Waals surface area contributed by atoms with Crippen molar-refractivity contribution in [3.8, 4) is 0 Å². The Kier molecular flexibility index (Phi) is 2.04. The second-order valence-corrected chi connectivity index (χ2v) is 1.88. The van der Waals surface area contributed by atoms with Gasteiger partial charge in [-0.15, -0.1) is 0 Å². The Balaban J connectivity index is 2.58. The van der Waals surface area contributed by atoms with Crippen molar-refractivity contribution < 1.29 is 9.53 Å². The zero-order valence-corrected chi connectivity index (χ0v) is 5.57. The fourth-order valence-electron chi connectivity index (χ4n) is 0.646. The number of aromatic amines is 1. The van der Waals surface area contributed by atoms with E-state index in [1.165, 1.54) is 0 Å². The molecule has 1 aromatic rings. The summed E-state index contributed by atoms with van der Waals surface area (Å²) in [5, 5.41) is 0. The number of carbonyl (C=O) groups is 1. The first kappa shape index (κ1) is 6.80. The third-order valence-corrected chi connectivity index (χ3v) is 1.22. The van der Waals surface area contributed by atoms with E-state index in [-0.39, 0.29) is 6.10 Å². The van der Waals surface area contributed by atoms with E-state index in [1.807, 2.05) is 0 Å². The van der Waals surface area contributed by atoms with Gasteiger partial charge in [0.1, 0.15) is 6.10 Å². The minimum absolute atomic E-state index is 0.236. The summed E-state index contributed by atoms with van der Waals surface area (Å²) in [7, 11) is 0. The molecular weight excluding hydrogens is 132 g/mol. The number of hydrogen-bond donors (Lipinski definition) is 1. The highest BCUT2D eigenvalue weighted by Crippen LogP contribution is 2.10. The summed E-state index contributed by atoms with van der Waals surface area (Å²) in [5.41, 5.74) is 0.798. The average molecular weight is 140 g/mol. The molecule has 1 heterocycles. The van der Waals surface area contributed by atoms with E-state index in [2.05, 4.69) is 14.7 Å². The highest BCUT2D eigenvalue weighted by molar-refractivity contribution is 5.37. The Labute approximate surface area is 58.2 Å². The van der Waals surface area contributed by atoms with Crippen LogP contribution in [0.3, 0.4) is 0 Å². The van der Waals surface area contributed by atoms with Crippen LogP contribution < -0.4 is 0 Å². The van der Waals surface area contributed by atoms with Crippen molar-refractivity contribution in [2.45, 2.75) is 13.0 Å². The molecule has 0 spiro atoms. The van der Waals surface area contributed by atoms with Gasteiger partial charge in [0.05, 0.1) is 18.2 Å². The summed E-state index contributed by atoms with van der Waals surface area (Å²) >= 11 is 0. The molecule has 0 amide bonds. The van der Waals surface area contributed by atoms with Gasteiger partial charge in [-0.3, -0.25) is 4.79 Å². The van der Waals surface area contributed by atoms with Crippen molar-refractivity contribution in [2.75, 3.05) is 0 Å². The van der Waals surface area contributed by atoms with Crippen molar-refractivity contribution in [3.63, 3.8) is 0 Å². The lowest BCUT2D eigenvalue weighted by Crippen LogP contribution is -1.97. The fourth-order valence-corrected chi connectivity index (χ4v) is 0.646. The lowest BCUT2D eigenvalue weighted by Gasteiger charge is -2.04. The molecule has 0 bridgehead atoms. The van der Waals surface area contributed by atoms with E-state index in [1.54, 1.807) is 19.4 Å². The summed E-state index contributed by atoms with van der Waals surface area (Å²) in [4.78, 5) is 16.5. The minimum Gasteiger partial charge on any atom is -0.458 e. The van der Waals surface area contributed by atoms with Crippen LogP contribution in [0.15, 0.2) is 12.5 Å². The molecule has 0 aliphatic heterocycles. The number of H-pyrrole nitrogens is 1. The van der Waals surface area contributed by atoms with Crippen LogP contribution in [0.4, 0.5) is 0 Å². The first-order valence-corrected chi connectivity index (χ1v) is 2.92. The molecule has 0 aliphatic carbocycles. The molecule has 4 heteroatoms. The van der Waals surface area contributed by atoms with E-state index >= 15 is 0 Å². The Hall–Kier alpha value is -1.32. The highest BCUT2D eigenvalue weighted by Gasteiger charge is 2.04. The molecule has 1 N–H and O–H groups in total. The SMILES string of the molecule is CC(OC=O)c1cnc[nH]1. The molecule has 0 aliphatic rings. The molecule has 0 saturated carbocycles. The van der Waals surface area contributed by atoms with Gasteiger partial charge in [0, 0.05) is 0 Å². The van der Waals surface area contributed by atoms with Crippen LogP contribution in [-0.4, -0.2) is 16.4 Å². The normalized spacial score (nSPS) is 12.5. The molecule has 0 saturated heterocycles. The lowest BCUT2D eigenvalue weighted by molar-refractivity contribution is -0.133. The summed E-state index contributed by atoms with van der Waals surface area (Å²) in [6.45, 7) is 2.19. The first-order valence-electron chi connectivity index (χ1n) is 2.92. The summed E-state index contributed by atoms with van der Waals surface area (Å²) < 4.78 is 4.63. The van der Waals surface area contributed by atoms with Crippen LogP contribution >= 0.6 is 0 Å². The van der Waals surface area contributed by atoms with Crippen LogP contribution in [0.1, 0.15) is 18.7 Å². The van der Waals surface area contributed by atoms with Crippen molar-refractivity contribution in [3.05, 3.63) is 18.2 Å². The maximum atomic E-state index is 9.85. The molecule has 1 aromatic heterocycles. The maximum absolute atomic E-state index is 9.85. The lowest BCUT2D eigenvalue weighted by atomic mass is 10.3. The molecule has 1 atom stereocenters. The molecule has 0 fully saturated rings. The van der Waals surface area contributed by atoms with Crippen molar-refractivity contribution in [2.24, 2.45) is 0 Å². The largest absolute Gasteiger partial charge is 0.458 e. The van der Waals surface area contributed by atoms with Crippen LogP contribution in [0.5, 0.6) is 0 Å². The monoisotopic (exact) mass is 140 g/mol. The van der Waals surface area contributed by atoms with Crippen molar-refractivity contribution in [1.82, 2.24) is 9.97 Å². The topological polar surface area (TPSA) is 55.0 Å². The number of nitrogens with zero attached hydrogens (tertiary/aromatic N) is 1. The number of rotatable bonds is 3. The van der Waals surface area contributed by atoms with Crippen molar-refractivity contribution >= 4 is 6.47 Å². The highest BCUT2D eigenvalue weighted by atomic mass is 16.5. The van der Waals surface area contributed by atoms with Gasteiger partial charge in [0.15, 0.2) is 0 Å². The van der Waals surface area contributed by atoms with Gasteiger partial charge in [0.25, 0.3) is 6.47 Å². The second kappa shape index (κ2) is 3.00. The van der Waals surface area contributed by atoms with Gasteiger partial charge in [-0.25, -0.2) is 4.98 Å². The molecule has 1 rings (SSSR count). The second-order valence-electron chi connectivity index (χ2n) is 1.88. The summed E-state index contributed by atoms with van der Waals surface area (Å²) in [6, 6.07) is 0. The van der Waals surface area contributed by atoms with Crippen molar-refractivity contribution in [1.29, 1.82) is 0 Å². The Bertz CT molecular complexity index is 196. The van der Waals surface area contributed by atoms with Gasteiger partial charge >= 0.3 is 0 Å². The Morgan fingerprint density at radius 3 is 3.20 bits per heavy atom. The summed E-state index contributed by atoms with van der Waals surface area (Å²) in [5.74, 6) is 0. The van der Waals surface area contributed by atoms with Gasteiger partial charge < -0.3 is 9.72 Å². The Morgan fingerprint density at radius 1 is 1.90 bits per heavy atom. The van der Waals surface area contributed by atoms with Crippen LogP contribution in [0.25, 0.3) is 0 Å². The van der Waals surface area contributed by atoms with Gasteiger partial charge in [0.2, 0.25) is 0 Å². The zero-order valence-electron chi connectivity index (χ0n) is 5.57. The fraction of sp³-hybridized carbons (Fsp3) is 0.333. The number of aromatic nitrogens is 2. The van der Waals surface area contributed by atoms with Crippen LogP contribution in [0.2, 0.25) is 0 Å². The molecular formula is C6H8N2O2. The number of nitrogens with one attached hydrogen (secondary N) is 1. The van der Waals surface area contributed by atoms with E-state index < -0.39 is 0 Å². The third-order valence-electron chi connectivity index (χ3n) is 1.22. The third kappa shape index (κ3) is 1.34. The molecule has 0 radical (unpaired) electrons. The van der Waals surface area contributed by atoms with Crippen LogP contribution in [0, 0.1) is 0 Å². The molecule has 10 heavy (non-hydrogen) atoms. The first-order chi connectivity index (χ1) is 4.84. The summed E-state index contributed by atoms with van der Waals surface area (Å²) in [6.07, 6.45) is 2.92.